The maximum atomic E-state index is 12.4. The molecule has 0 amide bonds. The second-order valence-corrected chi connectivity index (χ2v) is 4.88. The van der Waals surface area contributed by atoms with E-state index in [2.05, 4.69) is 0 Å². The van der Waals surface area contributed by atoms with Gasteiger partial charge >= 0.3 is 5.63 Å². The zero-order chi connectivity index (χ0) is 15.7. The number of benzene rings is 2. The number of fused-ring (bicyclic) bond motifs is 3. The molecule has 0 radical (unpaired) electrons. The molecule has 0 aliphatic heterocycles. The summed E-state index contributed by atoms with van der Waals surface area (Å²) in [6, 6.07) is 9.16. The topological polar surface area (TPSA) is 68.9 Å². The van der Waals surface area contributed by atoms with Crippen LogP contribution in [0.1, 0.15) is 5.56 Å². The number of hydrogen-bond donors (Lipinski definition) is 1. The van der Waals surface area contributed by atoms with Crippen molar-refractivity contribution in [1.82, 2.24) is 0 Å². The largest absolute Gasteiger partial charge is 0.493 e. The van der Waals surface area contributed by atoms with E-state index in [-0.39, 0.29) is 6.61 Å². The first-order valence-electron chi connectivity index (χ1n) is 6.91. The predicted octanol–water partition coefficient (Wildman–Crippen LogP) is 2.50. The molecule has 3 aromatic rings. The third-order valence-electron chi connectivity index (χ3n) is 3.72. The fraction of sp³-hybridized carbons (Fsp3) is 0.235. The van der Waals surface area contributed by atoms with Crippen LogP contribution in [0.15, 0.2) is 39.5 Å². The first kappa shape index (κ1) is 14.4. The van der Waals surface area contributed by atoms with Crippen LogP contribution in [0, 0.1) is 0 Å². The molecule has 0 spiro atoms. The molecule has 0 unspecified atom stereocenters. The van der Waals surface area contributed by atoms with Gasteiger partial charge in [-0.15, -0.1) is 0 Å². The van der Waals surface area contributed by atoms with Gasteiger partial charge in [0.1, 0.15) is 0 Å². The second-order valence-electron chi connectivity index (χ2n) is 4.88. The van der Waals surface area contributed by atoms with Gasteiger partial charge in [-0.2, -0.15) is 0 Å². The Hall–Kier alpha value is -2.53. The monoisotopic (exact) mass is 300 g/mol. The third kappa shape index (κ3) is 2.10. The van der Waals surface area contributed by atoms with Crippen LogP contribution >= 0.6 is 0 Å². The normalized spacial score (nSPS) is 11.0. The molecular weight excluding hydrogens is 284 g/mol. The van der Waals surface area contributed by atoms with E-state index in [0.717, 1.165) is 16.3 Å². The third-order valence-corrected chi connectivity index (χ3v) is 3.72. The number of aliphatic hydroxyl groups excluding tert-OH is 1. The fourth-order valence-electron chi connectivity index (χ4n) is 2.75. The highest BCUT2D eigenvalue weighted by Crippen LogP contribution is 2.37. The van der Waals surface area contributed by atoms with E-state index in [1.165, 1.54) is 14.2 Å². The Kier molecular flexibility index (Phi) is 3.73. The highest BCUT2D eigenvalue weighted by molar-refractivity contribution is 6.07. The molecule has 0 bridgehead atoms. The van der Waals surface area contributed by atoms with E-state index in [4.69, 9.17) is 19.0 Å². The molecule has 3 rings (SSSR count). The molecule has 0 saturated heterocycles. The molecular formula is C17H16O5. The van der Waals surface area contributed by atoms with Gasteiger partial charge in [-0.25, -0.2) is 4.79 Å². The molecule has 0 fully saturated rings. The summed E-state index contributed by atoms with van der Waals surface area (Å²) in [4.78, 5) is 12.4. The van der Waals surface area contributed by atoms with Gasteiger partial charge < -0.3 is 19.0 Å². The minimum absolute atomic E-state index is 0.0253. The zero-order valence-electron chi connectivity index (χ0n) is 12.4. The molecule has 5 nitrogen and oxygen atoms in total. The summed E-state index contributed by atoms with van der Waals surface area (Å²) >= 11 is 0. The molecule has 1 aromatic heterocycles. The van der Waals surface area contributed by atoms with Gasteiger partial charge in [0.15, 0.2) is 11.3 Å². The summed E-state index contributed by atoms with van der Waals surface area (Å²) < 4.78 is 16.1. The van der Waals surface area contributed by atoms with E-state index in [0.29, 0.717) is 28.9 Å². The van der Waals surface area contributed by atoms with Gasteiger partial charge in [-0.05, 0) is 24.1 Å². The summed E-state index contributed by atoms with van der Waals surface area (Å²) in [5.74, 6) is 0.899. The van der Waals surface area contributed by atoms with Crippen LogP contribution in [0.4, 0.5) is 0 Å². The quantitative estimate of drug-likeness (QED) is 0.592. The van der Waals surface area contributed by atoms with Gasteiger partial charge in [0.25, 0.3) is 0 Å². The average Bonchev–Trinajstić information content (AvgIpc) is 2.54. The van der Waals surface area contributed by atoms with Crippen molar-refractivity contribution in [3.05, 3.63) is 46.3 Å². The van der Waals surface area contributed by atoms with Gasteiger partial charge in [-0.3, -0.25) is 0 Å². The van der Waals surface area contributed by atoms with Gasteiger partial charge in [0, 0.05) is 17.4 Å². The minimum Gasteiger partial charge on any atom is -0.493 e. The van der Waals surface area contributed by atoms with Crippen molar-refractivity contribution in [2.45, 2.75) is 6.42 Å². The first-order chi connectivity index (χ1) is 10.7. The van der Waals surface area contributed by atoms with Crippen LogP contribution in [-0.2, 0) is 6.42 Å². The van der Waals surface area contributed by atoms with Crippen LogP contribution in [0.5, 0.6) is 11.5 Å². The molecule has 0 aliphatic carbocycles. The van der Waals surface area contributed by atoms with E-state index in [9.17, 15) is 4.79 Å². The molecule has 0 aliphatic rings. The summed E-state index contributed by atoms with van der Waals surface area (Å²) in [7, 11) is 3.03. The van der Waals surface area contributed by atoms with E-state index in [1.807, 2.05) is 24.3 Å². The van der Waals surface area contributed by atoms with Crippen molar-refractivity contribution >= 4 is 21.7 Å². The lowest BCUT2D eigenvalue weighted by Gasteiger charge is -2.11. The Labute approximate surface area is 126 Å². The van der Waals surface area contributed by atoms with E-state index < -0.39 is 5.63 Å². The van der Waals surface area contributed by atoms with Crippen molar-refractivity contribution in [1.29, 1.82) is 0 Å². The summed E-state index contributed by atoms with van der Waals surface area (Å²) in [6.07, 6.45) is 0.404. The maximum Gasteiger partial charge on any atom is 0.344 e. The number of ether oxygens (including phenoxy) is 2. The van der Waals surface area contributed by atoms with Crippen LogP contribution in [0.2, 0.25) is 0 Å². The Morgan fingerprint density at radius 1 is 1.09 bits per heavy atom. The van der Waals surface area contributed by atoms with Crippen molar-refractivity contribution in [3.8, 4) is 11.5 Å². The van der Waals surface area contributed by atoms with Gasteiger partial charge in [0.05, 0.1) is 19.6 Å². The highest BCUT2D eigenvalue weighted by atomic mass is 16.5. The Balaban J connectivity index is 2.48. The van der Waals surface area contributed by atoms with Crippen LogP contribution in [0.25, 0.3) is 21.7 Å². The maximum absolute atomic E-state index is 12.4. The Morgan fingerprint density at radius 2 is 1.91 bits per heavy atom. The predicted molar refractivity (Wildman–Crippen MR) is 83.9 cm³/mol. The zero-order valence-corrected chi connectivity index (χ0v) is 12.4. The summed E-state index contributed by atoms with van der Waals surface area (Å²) in [6.45, 7) is -0.0253. The van der Waals surface area contributed by atoms with Crippen molar-refractivity contribution < 1.29 is 19.0 Å². The Bertz CT molecular complexity index is 895. The molecule has 1 heterocycles. The molecule has 22 heavy (non-hydrogen) atoms. The molecule has 0 atom stereocenters. The number of rotatable bonds is 4. The average molecular weight is 300 g/mol. The van der Waals surface area contributed by atoms with Crippen LogP contribution in [-0.4, -0.2) is 25.9 Å². The van der Waals surface area contributed by atoms with Crippen LogP contribution < -0.4 is 15.1 Å². The lowest BCUT2D eigenvalue weighted by atomic mass is 10.0. The lowest BCUT2D eigenvalue weighted by Crippen LogP contribution is -2.05. The number of aliphatic hydroxyl groups is 1. The molecule has 0 saturated carbocycles. The fourth-order valence-corrected chi connectivity index (χ4v) is 2.75. The molecule has 114 valence electrons. The number of hydrogen-bond acceptors (Lipinski definition) is 5. The van der Waals surface area contributed by atoms with Gasteiger partial charge in [-0.1, -0.05) is 18.2 Å². The first-order valence-corrected chi connectivity index (χ1v) is 6.91. The lowest BCUT2D eigenvalue weighted by molar-refractivity contribution is 0.300. The smallest absolute Gasteiger partial charge is 0.344 e. The standard InChI is InChI=1S/C17H16O5/c1-20-13-7-6-12-11-5-3-4-10(8-9-18)14(11)17(19)22-15(12)16(13)21-2/h3-7,18H,8-9H2,1-2H3. The second kappa shape index (κ2) is 5.69. The van der Waals surface area contributed by atoms with Crippen molar-refractivity contribution in [3.63, 3.8) is 0 Å². The SMILES string of the molecule is COc1ccc2c(oc(=O)c3c(CCO)cccc32)c1OC. The van der Waals surface area contributed by atoms with Crippen LogP contribution in [0.3, 0.4) is 0 Å². The van der Waals surface area contributed by atoms with Crippen molar-refractivity contribution in [2.75, 3.05) is 20.8 Å². The Morgan fingerprint density at radius 3 is 2.59 bits per heavy atom. The summed E-state index contributed by atoms with van der Waals surface area (Å²) in [5, 5.41) is 11.2. The molecule has 1 N–H and O–H groups in total. The van der Waals surface area contributed by atoms with Gasteiger partial charge in [0.2, 0.25) is 5.75 Å². The van der Waals surface area contributed by atoms with E-state index in [1.54, 1.807) is 6.07 Å². The number of methoxy groups -OCH3 is 2. The summed E-state index contributed by atoms with van der Waals surface area (Å²) in [5.41, 5.74) is 0.684. The van der Waals surface area contributed by atoms with E-state index >= 15 is 0 Å². The highest BCUT2D eigenvalue weighted by Gasteiger charge is 2.17. The molecule has 2 aromatic carbocycles. The minimum atomic E-state index is -0.446. The molecule has 5 heteroatoms. The van der Waals surface area contributed by atoms with Crippen molar-refractivity contribution in [2.24, 2.45) is 0 Å².